The van der Waals surface area contributed by atoms with Gasteiger partial charge in [0.15, 0.2) is 0 Å². The van der Waals surface area contributed by atoms with Crippen molar-refractivity contribution in [2.45, 2.75) is 39.2 Å². The molecule has 2 aromatic carbocycles. The van der Waals surface area contributed by atoms with Gasteiger partial charge in [0.25, 0.3) is 5.91 Å². The molecule has 0 atom stereocenters. The minimum absolute atomic E-state index is 0.123. The number of aryl methyl sites for hydroxylation is 1. The standard InChI is InChI=1S/C21H26N2O3/c1-21(2,3)26-20(25)23-18-13-11-17(12-14-18)19(24)22-15-7-10-16-8-5-4-6-9-16/h4-6,8-9,11-14H,7,10,15H2,1-3H3,(H,22,24)(H,23,25). The highest BCUT2D eigenvalue weighted by Crippen LogP contribution is 2.13. The predicted octanol–water partition coefficient (Wildman–Crippen LogP) is 4.40. The molecule has 0 aliphatic carbocycles. The van der Waals surface area contributed by atoms with E-state index in [0.717, 1.165) is 12.8 Å². The van der Waals surface area contributed by atoms with Gasteiger partial charge in [0, 0.05) is 17.8 Å². The minimum atomic E-state index is -0.552. The number of rotatable bonds is 6. The number of benzene rings is 2. The summed E-state index contributed by atoms with van der Waals surface area (Å²) in [5, 5.41) is 5.55. The fraction of sp³-hybridized carbons (Fsp3) is 0.333. The van der Waals surface area contributed by atoms with Crippen LogP contribution in [0, 0.1) is 0 Å². The molecule has 0 heterocycles. The lowest BCUT2D eigenvalue weighted by molar-refractivity contribution is 0.0635. The zero-order chi connectivity index (χ0) is 19.0. The van der Waals surface area contributed by atoms with E-state index < -0.39 is 11.7 Å². The third kappa shape index (κ3) is 6.97. The molecule has 0 saturated carbocycles. The lowest BCUT2D eigenvalue weighted by Gasteiger charge is -2.19. The fourth-order valence-electron chi connectivity index (χ4n) is 2.37. The van der Waals surface area contributed by atoms with E-state index in [4.69, 9.17) is 4.74 Å². The summed E-state index contributed by atoms with van der Waals surface area (Å²) in [7, 11) is 0. The molecule has 0 unspecified atom stereocenters. The molecule has 0 saturated heterocycles. The van der Waals surface area contributed by atoms with Crippen molar-refractivity contribution in [2.24, 2.45) is 0 Å². The Balaban J connectivity index is 1.76. The van der Waals surface area contributed by atoms with Gasteiger partial charge in [-0.1, -0.05) is 30.3 Å². The van der Waals surface area contributed by atoms with Crippen LogP contribution in [0.5, 0.6) is 0 Å². The quantitative estimate of drug-likeness (QED) is 0.756. The molecule has 0 bridgehead atoms. The van der Waals surface area contributed by atoms with Crippen molar-refractivity contribution in [2.75, 3.05) is 11.9 Å². The highest BCUT2D eigenvalue weighted by molar-refractivity contribution is 5.95. The van der Waals surface area contributed by atoms with E-state index in [1.165, 1.54) is 5.56 Å². The van der Waals surface area contributed by atoms with Gasteiger partial charge < -0.3 is 10.1 Å². The number of nitrogens with one attached hydrogen (secondary N) is 2. The maximum atomic E-state index is 12.2. The SMILES string of the molecule is CC(C)(C)OC(=O)Nc1ccc(C(=O)NCCCc2ccccc2)cc1. The van der Waals surface area contributed by atoms with E-state index in [2.05, 4.69) is 22.8 Å². The molecule has 0 aliphatic heterocycles. The summed E-state index contributed by atoms with van der Waals surface area (Å²) in [6.07, 6.45) is 1.30. The summed E-state index contributed by atoms with van der Waals surface area (Å²) in [5.74, 6) is -0.123. The van der Waals surface area contributed by atoms with Gasteiger partial charge in [-0.2, -0.15) is 0 Å². The molecular weight excluding hydrogens is 328 g/mol. The summed E-state index contributed by atoms with van der Waals surface area (Å²) in [4.78, 5) is 23.9. The van der Waals surface area contributed by atoms with Crippen LogP contribution in [0.3, 0.4) is 0 Å². The number of ether oxygens (including phenoxy) is 1. The highest BCUT2D eigenvalue weighted by atomic mass is 16.6. The van der Waals surface area contributed by atoms with Gasteiger partial charge in [-0.15, -0.1) is 0 Å². The molecule has 0 radical (unpaired) electrons. The first kappa shape index (κ1) is 19.5. The molecule has 138 valence electrons. The normalized spacial score (nSPS) is 10.9. The Labute approximate surface area is 154 Å². The van der Waals surface area contributed by atoms with Crippen molar-refractivity contribution in [1.82, 2.24) is 5.32 Å². The Morgan fingerprint density at radius 2 is 1.62 bits per heavy atom. The van der Waals surface area contributed by atoms with Gasteiger partial charge in [-0.25, -0.2) is 4.79 Å². The maximum absolute atomic E-state index is 12.2. The van der Waals surface area contributed by atoms with E-state index in [9.17, 15) is 9.59 Å². The van der Waals surface area contributed by atoms with Crippen LogP contribution in [0.25, 0.3) is 0 Å². The van der Waals surface area contributed by atoms with E-state index in [0.29, 0.717) is 17.8 Å². The lowest BCUT2D eigenvalue weighted by Crippen LogP contribution is -2.27. The number of hydrogen-bond donors (Lipinski definition) is 2. The minimum Gasteiger partial charge on any atom is -0.444 e. The van der Waals surface area contributed by atoms with Gasteiger partial charge in [0.05, 0.1) is 0 Å². The molecule has 0 fully saturated rings. The van der Waals surface area contributed by atoms with Crippen LogP contribution in [-0.4, -0.2) is 24.1 Å². The molecule has 0 aliphatic rings. The van der Waals surface area contributed by atoms with Gasteiger partial charge >= 0.3 is 6.09 Å². The van der Waals surface area contributed by atoms with Crippen molar-refractivity contribution >= 4 is 17.7 Å². The second-order valence-corrected chi connectivity index (χ2v) is 7.05. The number of carbonyl (C=O) groups excluding carboxylic acids is 2. The molecule has 2 N–H and O–H groups in total. The number of amides is 2. The molecule has 2 amide bonds. The van der Waals surface area contributed by atoms with Crippen molar-refractivity contribution < 1.29 is 14.3 Å². The second kappa shape index (κ2) is 9.04. The fourth-order valence-corrected chi connectivity index (χ4v) is 2.37. The first-order valence-electron chi connectivity index (χ1n) is 8.76. The molecule has 2 aromatic rings. The van der Waals surface area contributed by atoms with Crippen LogP contribution in [0.1, 0.15) is 43.1 Å². The van der Waals surface area contributed by atoms with E-state index >= 15 is 0 Å². The third-order valence-electron chi connectivity index (χ3n) is 3.56. The lowest BCUT2D eigenvalue weighted by atomic mass is 10.1. The van der Waals surface area contributed by atoms with Crippen molar-refractivity contribution in [3.05, 3.63) is 65.7 Å². The van der Waals surface area contributed by atoms with Gasteiger partial charge in [0.2, 0.25) is 0 Å². The van der Waals surface area contributed by atoms with E-state index in [1.807, 2.05) is 18.2 Å². The average Bonchev–Trinajstić information content (AvgIpc) is 2.58. The highest BCUT2D eigenvalue weighted by Gasteiger charge is 2.16. The zero-order valence-corrected chi connectivity index (χ0v) is 15.5. The van der Waals surface area contributed by atoms with Crippen molar-refractivity contribution in [1.29, 1.82) is 0 Å². The maximum Gasteiger partial charge on any atom is 0.412 e. The average molecular weight is 354 g/mol. The van der Waals surface area contributed by atoms with Crippen LogP contribution in [-0.2, 0) is 11.2 Å². The number of anilines is 1. The second-order valence-electron chi connectivity index (χ2n) is 7.05. The summed E-state index contributed by atoms with van der Waals surface area (Å²) < 4.78 is 5.19. The number of hydrogen-bond acceptors (Lipinski definition) is 3. The van der Waals surface area contributed by atoms with Gasteiger partial charge in [-0.3, -0.25) is 10.1 Å². The molecule has 5 nitrogen and oxygen atoms in total. The molecule has 0 spiro atoms. The zero-order valence-electron chi connectivity index (χ0n) is 15.5. The van der Waals surface area contributed by atoms with Crippen LogP contribution in [0.15, 0.2) is 54.6 Å². The van der Waals surface area contributed by atoms with Crippen LogP contribution in [0.2, 0.25) is 0 Å². The Kier molecular flexibility index (Phi) is 6.78. The molecule has 26 heavy (non-hydrogen) atoms. The van der Waals surface area contributed by atoms with Gasteiger partial charge in [0.1, 0.15) is 5.60 Å². The van der Waals surface area contributed by atoms with Crippen LogP contribution < -0.4 is 10.6 Å². The predicted molar refractivity (Wildman–Crippen MR) is 103 cm³/mol. The Morgan fingerprint density at radius 1 is 0.962 bits per heavy atom. The summed E-state index contributed by atoms with van der Waals surface area (Å²) in [5.41, 5.74) is 1.85. The summed E-state index contributed by atoms with van der Waals surface area (Å²) in [6, 6.07) is 16.9. The van der Waals surface area contributed by atoms with E-state index in [-0.39, 0.29) is 5.91 Å². The largest absolute Gasteiger partial charge is 0.444 e. The smallest absolute Gasteiger partial charge is 0.412 e. The molecule has 2 rings (SSSR count). The third-order valence-corrected chi connectivity index (χ3v) is 3.56. The van der Waals surface area contributed by atoms with Crippen molar-refractivity contribution in [3.63, 3.8) is 0 Å². The molecule has 5 heteroatoms. The monoisotopic (exact) mass is 354 g/mol. The summed E-state index contributed by atoms with van der Waals surface area (Å²) in [6.45, 7) is 6.03. The summed E-state index contributed by atoms with van der Waals surface area (Å²) >= 11 is 0. The Bertz CT molecular complexity index is 719. The first-order valence-corrected chi connectivity index (χ1v) is 8.76. The molecular formula is C21H26N2O3. The van der Waals surface area contributed by atoms with Crippen LogP contribution in [0.4, 0.5) is 10.5 Å². The topological polar surface area (TPSA) is 67.4 Å². The Hall–Kier alpha value is -2.82. The Morgan fingerprint density at radius 3 is 2.23 bits per heavy atom. The van der Waals surface area contributed by atoms with Crippen LogP contribution >= 0.6 is 0 Å². The number of carbonyl (C=O) groups is 2. The first-order chi connectivity index (χ1) is 12.3. The molecule has 0 aromatic heterocycles. The van der Waals surface area contributed by atoms with Crippen molar-refractivity contribution in [3.8, 4) is 0 Å². The van der Waals surface area contributed by atoms with Gasteiger partial charge in [-0.05, 0) is 63.4 Å². The van der Waals surface area contributed by atoms with E-state index in [1.54, 1.807) is 45.0 Å².